The summed E-state index contributed by atoms with van der Waals surface area (Å²) in [5.41, 5.74) is 2.42. The van der Waals surface area contributed by atoms with Gasteiger partial charge >= 0.3 is 0 Å². The van der Waals surface area contributed by atoms with E-state index in [9.17, 15) is 4.79 Å². The van der Waals surface area contributed by atoms with Gasteiger partial charge in [-0.1, -0.05) is 13.0 Å². The third kappa shape index (κ3) is 6.74. The lowest BCUT2D eigenvalue weighted by molar-refractivity contribution is 0.0893. The van der Waals surface area contributed by atoms with Crippen LogP contribution in [0.25, 0.3) is 10.9 Å². The number of tetrazole rings is 1. The molecule has 0 unspecified atom stereocenters. The monoisotopic (exact) mass is 576 g/mol. The first-order chi connectivity index (χ1) is 20.5. The lowest BCUT2D eigenvalue weighted by Crippen LogP contribution is -2.34. The number of ether oxygens (including phenoxy) is 4. The van der Waals surface area contributed by atoms with Crippen molar-refractivity contribution in [3.63, 3.8) is 0 Å². The molecule has 42 heavy (non-hydrogen) atoms. The molecule has 1 aliphatic rings. The minimum Gasteiger partial charge on any atom is -0.494 e. The van der Waals surface area contributed by atoms with Crippen LogP contribution in [0.15, 0.2) is 47.3 Å². The molecule has 0 aliphatic carbocycles. The van der Waals surface area contributed by atoms with Crippen molar-refractivity contribution in [2.45, 2.75) is 64.8 Å². The van der Waals surface area contributed by atoms with E-state index in [4.69, 9.17) is 18.9 Å². The Morgan fingerprint density at radius 1 is 1.12 bits per heavy atom. The number of aromatic amines is 1. The molecule has 2 aromatic heterocycles. The Morgan fingerprint density at radius 2 is 1.98 bits per heavy atom. The summed E-state index contributed by atoms with van der Waals surface area (Å²) in [5, 5.41) is 13.7. The van der Waals surface area contributed by atoms with Crippen molar-refractivity contribution < 1.29 is 18.9 Å². The summed E-state index contributed by atoms with van der Waals surface area (Å²) in [5.74, 6) is 2.92. The highest BCUT2D eigenvalue weighted by Crippen LogP contribution is 2.30. The van der Waals surface area contributed by atoms with E-state index < -0.39 is 0 Å². The fraction of sp³-hybridized carbons (Fsp3) is 0.484. The first kappa shape index (κ1) is 29.5. The Morgan fingerprint density at radius 3 is 2.71 bits per heavy atom. The van der Waals surface area contributed by atoms with Gasteiger partial charge in [0.15, 0.2) is 17.3 Å². The van der Waals surface area contributed by atoms with Crippen molar-refractivity contribution >= 4 is 10.9 Å². The van der Waals surface area contributed by atoms with E-state index in [1.165, 1.54) is 0 Å². The second-order valence-corrected chi connectivity index (χ2v) is 10.5. The first-order valence-electron chi connectivity index (χ1n) is 14.6. The molecule has 1 aliphatic heterocycles. The maximum Gasteiger partial charge on any atom is 0.252 e. The van der Waals surface area contributed by atoms with Gasteiger partial charge in [0.05, 0.1) is 39.5 Å². The molecule has 1 saturated heterocycles. The van der Waals surface area contributed by atoms with E-state index in [1.54, 1.807) is 14.2 Å². The number of hydrogen-bond acceptors (Lipinski definition) is 9. The SMILES string of the molecule is CCOc1ccc2[nH]c(=O)c(CN(CCc3ccc(OC)c(OC)c3)[C@@H](CC)c3nnnn3C[C@@H]3CCCO3)cc2c1. The van der Waals surface area contributed by atoms with Crippen LogP contribution in [0.4, 0.5) is 0 Å². The van der Waals surface area contributed by atoms with Crippen molar-refractivity contribution in [2.75, 3.05) is 34.0 Å². The number of fused-ring (bicyclic) bond motifs is 1. The van der Waals surface area contributed by atoms with Gasteiger partial charge in [-0.15, -0.1) is 5.10 Å². The Labute approximate surface area is 245 Å². The average Bonchev–Trinajstić information content (AvgIpc) is 3.69. The molecule has 2 atom stereocenters. The number of rotatable bonds is 14. The number of pyridine rings is 1. The molecular formula is C31H40N6O5. The summed E-state index contributed by atoms with van der Waals surface area (Å²) in [6.45, 7) is 7.12. The molecule has 3 heterocycles. The van der Waals surface area contributed by atoms with Gasteiger partial charge in [-0.05, 0) is 85.0 Å². The molecule has 11 nitrogen and oxygen atoms in total. The molecular weight excluding hydrogens is 536 g/mol. The van der Waals surface area contributed by atoms with Crippen LogP contribution in [0.5, 0.6) is 17.2 Å². The molecule has 11 heteroatoms. The molecule has 224 valence electrons. The zero-order valence-electron chi connectivity index (χ0n) is 24.8. The van der Waals surface area contributed by atoms with Crippen LogP contribution in [0.3, 0.4) is 0 Å². The smallest absolute Gasteiger partial charge is 0.252 e. The summed E-state index contributed by atoms with van der Waals surface area (Å²) in [7, 11) is 3.27. The highest BCUT2D eigenvalue weighted by Gasteiger charge is 2.28. The molecule has 0 bridgehead atoms. The van der Waals surface area contributed by atoms with E-state index >= 15 is 0 Å². The van der Waals surface area contributed by atoms with Crippen LogP contribution in [-0.2, 0) is 24.2 Å². The highest BCUT2D eigenvalue weighted by atomic mass is 16.5. The van der Waals surface area contributed by atoms with Crippen LogP contribution < -0.4 is 19.8 Å². The van der Waals surface area contributed by atoms with Gasteiger partial charge in [0.25, 0.3) is 5.56 Å². The first-order valence-corrected chi connectivity index (χ1v) is 14.6. The zero-order valence-corrected chi connectivity index (χ0v) is 24.8. The number of methoxy groups -OCH3 is 2. The van der Waals surface area contributed by atoms with Gasteiger partial charge in [0, 0.05) is 36.2 Å². The topological polar surface area (TPSA) is 117 Å². The number of nitrogens with zero attached hydrogens (tertiary/aromatic N) is 5. The molecule has 0 saturated carbocycles. The normalized spacial score (nSPS) is 15.8. The van der Waals surface area contributed by atoms with E-state index in [-0.39, 0.29) is 17.7 Å². The van der Waals surface area contributed by atoms with Crippen molar-refractivity contribution in [1.82, 2.24) is 30.1 Å². The van der Waals surface area contributed by atoms with E-state index in [0.29, 0.717) is 43.3 Å². The Hall–Kier alpha value is -3.96. The largest absolute Gasteiger partial charge is 0.494 e. The van der Waals surface area contributed by atoms with Crippen LogP contribution in [0, 0.1) is 0 Å². The molecule has 2 aromatic carbocycles. The zero-order chi connectivity index (χ0) is 29.5. The van der Waals surface area contributed by atoms with Crippen molar-refractivity contribution in [1.29, 1.82) is 0 Å². The third-order valence-electron chi connectivity index (χ3n) is 7.80. The highest BCUT2D eigenvalue weighted by molar-refractivity contribution is 5.80. The number of H-pyrrole nitrogens is 1. The predicted molar refractivity (Wildman–Crippen MR) is 159 cm³/mol. The molecule has 4 aromatic rings. The molecule has 1 fully saturated rings. The summed E-state index contributed by atoms with van der Waals surface area (Å²) >= 11 is 0. The molecule has 5 rings (SSSR count). The predicted octanol–water partition coefficient (Wildman–Crippen LogP) is 4.31. The third-order valence-corrected chi connectivity index (χ3v) is 7.80. The molecule has 0 spiro atoms. The number of aromatic nitrogens is 5. The maximum absolute atomic E-state index is 13.3. The summed E-state index contributed by atoms with van der Waals surface area (Å²) in [4.78, 5) is 18.6. The summed E-state index contributed by atoms with van der Waals surface area (Å²) < 4.78 is 24.4. The van der Waals surface area contributed by atoms with Crippen LogP contribution in [-0.4, -0.2) is 70.2 Å². The van der Waals surface area contributed by atoms with Gasteiger partial charge in [-0.2, -0.15) is 0 Å². The summed E-state index contributed by atoms with van der Waals surface area (Å²) in [6.07, 6.45) is 3.64. The van der Waals surface area contributed by atoms with Crippen LogP contribution >= 0.6 is 0 Å². The van der Waals surface area contributed by atoms with E-state index in [1.807, 2.05) is 54.1 Å². The Kier molecular flexibility index (Phi) is 9.70. The van der Waals surface area contributed by atoms with Crippen molar-refractivity contribution in [2.24, 2.45) is 0 Å². The van der Waals surface area contributed by atoms with Gasteiger partial charge in [0.1, 0.15) is 5.75 Å². The van der Waals surface area contributed by atoms with Gasteiger partial charge in [-0.25, -0.2) is 4.68 Å². The lowest BCUT2D eigenvalue weighted by atomic mass is 10.1. The number of hydrogen-bond donors (Lipinski definition) is 1. The van der Waals surface area contributed by atoms with Gasteiger partial charge in [0.2, 0.25) is 0 Å². The Bertz CT molecular complexity index is 1530. The minimum atomic E-state index is -0.119. The fourth-order valence-corrected chi connectivity index (χ4v) is 5.64. The van der Waals surface area contributed by atoms with Crippen LogP contribution in [0.1, 0.15) is 56.1 Å². The number of nitrogens with one attached hydrogen (secondary N) is 1. The number of benzene rings is 2. The minimum absolute atomic E-state index is 0.104. The quantitative estimate of drug-likeness (QED) is 0.234. The second kappa shape index (κ2) is 13.8. The summed E-state index contributed by atoms with van der Waals surface area (Å²) in [6, 6.07) is 13.5. The maximum atomic E-state index is 13.3. The lowest BCUT2D eigenvalue weighted by Gasteiger charge is -2.30. The molecule has 0 amide bonds. The van der Waals surface area contributed by atoms with Gasteiger partial charge in [-0.3, -0.25) is 9.69 Å². The second-order valence-electron chi connectivity index (χ2n) is 10.5. The van der Waals surface area contributed by atoms with Crippen LogP contribution in [0.2, 0.25) is 0 Å². The molecule has 0 radical (unpaired) electrons. The van der Waals surface area contributed by atoms with Crippen molar-refractivity contribution in [3.8, 4) is 17.2 Å². The Balaban J connectivity index is 1.47. The van der Waals surface area contributed by atoms with E-state index in [0.717, 1.165) is 60.3 Å². The van der Waals surface area contributed by atoms with E-state index in [2.05, 4.69) is 32.3 Å². The standard InChI is InChI=1S/C31H40N6O5/c1-5-27(30-33-34-35-37(30)20-25-8-7-15-42-25)36(14-13-21-9-12-28(39-3)29(16-21)40-4)19-23-17-22-18-24(41-6-2)10-11-26(22)32-31(23)38/h9-12,16-18,25,27H,5-8,13-15,19-20H2,1-4H3,(H,32,38)/t25-,27-/m0/s1. The molecule has 1 N–H and O–H groups in total. The average molecular weight is 577 g/mol. The van der Waals surface area contributed by atoms with Crippen molar-refractivity contribution in [3.05, 3.63) is 69.8 Å². The fourth-order valence-electron chi connectivity index (χ4n) is 5.64. The van der Waals surface area contributed by atoms with Gasteiger partial charge < -0.3 is 23.9 Å².